The van der Waals surface area contributed by atoms with Gasteiger partial charge in [0.1, 0.15) is 11.9 Å². The molecule has 3 saturated heterocycles. The van der Waals surface area contributed by atoms with Crippen LogP contribution in [-0.4, -0.2) is 42.1 Å². The molecule has 2 bridgehead atoms. The van der Waals surface area contributed by atoms with E-state index in [1.54, 1.807) is 37.6 Å². The number of piperidine rings is 3. The van der Waals surface area contributed by atoms with Crippen molar-refractivity contribution >= 4 is 28.5 Å². The quantitative estimate of drug-likeness (QED) is 0.424. The van der Waals surface area contributed by atoms with Crippen LogP contribution in [0.4, 0.5) is 0 Å². The lowest BCUT2D eigenvalue weighted by molar-refractivity contribution is -0.0659. The Morgan fingerprint density at radius 2 is 2.03 bits per heavy atom. The number of fused-ring (bicyclic) bond motifs is 4. The Bertz CT molecular complexity index is 1150. The Labute approximate surface area is 199 Å². The van der Waals surface area contributed by atoms with Crippen molar-refractivity contribution < 1.29 is 14.3 Å². The molecule has 3 fully saturated rings. The topological polar surface area (TPSA) is 51.7 Å². The van der Waals surface area contributed by atoms with Crippen molar-refractivity contribution in [3.63, 3.8) is 0 Å². The second kappa shape index (κ2) is 9.32. The predicted octanol–water partition coefficient (Wildman–Crippen LogP) is 5.92. The number of methoxy groups -OCH3 is 1. The summed E-state index contributed by atoms with van der Waals surface area (Å²) in [5.74, 6) is 1.82. The molecule has 5 atom stereocenters. The van der Waals surface area contributed by atoms with Gasteiger partial charge in [-0.15, -0.1) is 0 Å². The predicted molar refractivity (Wildman–Crippen MR) is 130 cm³/mol. The molecular weight excluding hydrogens is 436 g/mol. The normalized spacial score (nSPS) is 25.1. The van der Waals surface area contributed by atoms with Crippen molar-refractivity contribution in [1.29, 1.82) is 0 Å². The number of nitrogens with zero attached hydrogens (tertiary/aromatic N) is 2. The third-order valence-electron chi connectivity index (χ3n) is 7.41. The average Bonchev–Trinajstić information content (AvgIpc) is 2.87. The lowest BCUT2D eigenvalue weighted by Gasteiger charge is -2.51. The summed E-state index contributed by atoms with van der Waals surface area (Å²) in [7, 11) is 1.66. The lowest BCUT2D eigenvalue weighted by Crippen LogP contribution is -2.55. The van der Waals surface area contributed by atoms with Gasteiger partial charge < -0.3 is 9.47 Å². The molecule has 172 valence electrons. The molecule has 4 heterocycles. The maximum Gasteiger partial charge on any atom is 0.338 e. The molecule has 3 aromatic rings. The number of hydrogen-bond donors (Lipinski definition) is 0. The van der Waals surface area contributed by atoms with Crippen LogP contribution in [0.3, 0.4) is 0 Å². The van der Waals surface area contributed by atoms with Crippen LogP contribution in [0.15, 0.2) is 54.7 Å². The van der Waals surface area contributed by atoms with Crippen molar-refractivity contribution in [2.45, 2.75) is 38.3 Å². The third-order valence-corrected chi connectivity index (χ3v) is 7.66. The Hall–Kier alpha value is -2.63. The molecule has 6 heteroatoms. The minimum atomic E-state index is -0.397. The van der Waals surface area contributed by atoms with E-state index in [2.05, 4.69) is 16.8 Å². The molecule has 0 N–H and O–H groups in total. The van der Waals surface area contributed by atoms with Crippen molar-refractivity contribution in [3.05, 3.63) is 70.9 Å². The van der Waals surface area contributed by atoms with E-state index in [1.807, 2.05) is 24.3 Å². The summed E-state index contributed by atoms with van der Waals surface area (Å²) < 4.78 is 11.8. The number of aromatic nitrogens is 1. The molecule has 0 aliphatic carbocycles. The SMILES string of the molecule is CC[C@H]1CN2CCC1C[C@H]2[C@H](OC(=O)c1ccc(Cl)cc1)c1ccnc2ccc(OC)cc12. The van der Waals surface area contributed by atoms with Gasteiger partial charge in [0.15, 0.2) is 0 Å². The zero-order valence-electron chi connectivity index (χ0n) is 19.0. The Morgan fingerprint density at radius 3 is 2.73 bits per heavy atom. The fourth-order valence-corrected chi connectivity index (χ4v) is 5.72. The maximum atomic E-state index is 13.2. The van der Waals surface area contributed by atoms with Crippen LogP contribution in [-0.2, 0) is 4.74 Å². The van der Waals surface area contributed by atoms with Crippen LogP contribution in [0.1, 0.15) is 48.2 Å². The van der Waals surface area contributed by atoms with Crippen LogP contribution < -0.4 is 4.74 Å². The zero-order valence-corrected chi connectivity index (χ0v) is 19.8. The molecule has 6 rings (SSSR count). The number of ether oxygens (including phenoxy) is 2. The fourth-order valence-electron chi connectivity index (χ4n) is 5.60. The van der Waals surface area contributed by atoms with Crippen molar-refractivity contribution in [3.8, 4) is 5.75 Å². The molecule has 1 aromatic heterocycles. The number of carbonyl (C=O) groups excluding carboxylic acids is 1. The van der Waals surface area contributed by atoms with Gasteiger partial charge in [0.25, 0.3) is 0 Å². The smallest absolute Gasteiger partial charge is 0.338 e. The minimum absolute atomic E-state index is 0.139. The number of hydrogen-bond acceptors (Lipinski definition) is 5. The molecule has 3 aliphatic rings. The highest BCUT2D eigenvalue weighted by Gasteiger charge is 2.44. The molecule has 33 heavy (non-hydrogen) atoms. The Balaban J connectivity index is 1.55. The first-order valence-corrected chi connectivity index (χ1v) is 12.1. The van der Waals surface area contributed by atoms with E-state index >= 15 is 0 Å². The van der Waals surface area contributed by atoms with Gasteiger partial charge in [-0.25, -0.2) is 4.79 Å². The molecular formula is C27H29ClN2O3. The van der Waals surface area contributed by atoms with E-state index < -0.39 is 6.10 Å². The number of pyridine rings is 1. The van der Waals surface area contributed by atoms with E-state index in [0.29, 0.717) is 16.5 Å². The van der Waals surface area contributed by atoms with Crippen LogP contribution in [0.5, 0.6) is 5.75 Å². The van der Waals surface area contributed by atoms with Crippen molar-refractivity contribution in [1.82, 2.24) is 9.88 Å². The summed E-state index contributed by atoms with van der Waals surface area (Å²) in [4.78, 5) is 20.3. The maximum absolute atomic E-state index is 13.2. The molecule has 3 aliphatic heterocycles. The summed E-state index contributed by atoms with van der Waals surface area (Å²) in [6, 6.07) is 14.9. The zero-order chi connectivity index (χ0) is 22.9. The fraction of sp³-hybridized carbons (Fsp3) is 0.407. The van der Waals surface area contributed by atoms with E-state index in [-0.39, 0.29) is 12.0 Å². The van der Waals surface area contributed by atoms with E-state index in [9.17, 15) is 4.79 Å². The van der Waals surface area contributed by atoms with Gasteiger partial charge in [-0.05, 0) is 79.8 Å². The number of benzene rings is 2. The van der Waals surface area contributed by atoms with Crippen LogP contribution in [0.2, 0.25) is 5.02 Å². The van der Waals surface area contributed by atoms with Gasteiger partial charge >= 0.3 is 5.97 Å². The van der Waals surface area contributed by atoms with Crippen molar-refractivity contribution in [2.75, 3.05) is 20.2 Å². The molecule has 0 amide bonds. The van der Waals surface area contributed by atoms with Gasteiger partial charge in [0.2, 0.25) is 0 Å². The molecule has 0 spiro atoms. The monoisotopic (exact) mass is 464 g/mol. The number of carbonyl (C=O) groups is 1. The lowest BCUT2D eigenvalue weighted by atomic mass is 9.72. The number of rotatable bonds is 6. The largest absolute Gasteiger partial charge is 0.497 e. The van der Waals surface area contributed by atoms with Gasteiger partial charge in [-0.2, -0.15) is 0 Å². The van der Waals surface area contributed by atoms with E-state index in [0.717, 1.165) is 47.6 Å². The molecule has 2 unspecified atom stereocenters. The first-order chi connectivity index (χ1) is 16.1. The van der Waals surface area contributed by atoms with Crippen LogP contribution in [0.25, 0.3) is 10.9 Å². The van der Waals surface area contributed by atoms with Crippen LogP contribution in [0, 0.1) is 11.8 Å². The summed E-state index contributed by atoms with van der Waals surface area (Å²) in [6.07, 6.45) is 4.85. The van der Waals surface area contributed by atoms with Gasteiger partial charge in [-0.3, -0.25) is 9.88 Å². The number of halogens is 1. The van der Waals surface area contributed by atoms with Crippen LogP contribution >= 0.6 is 11.6 Å². The first kappa shape index (κ1) is 22.2. The average molecular weight is 465 g/mol. The minimum Gasteiger partial charge on any atom is -0.497 e. The van der Waals surface area contributed by atoms with E-state index in [1.165, 1.54) is 12.8 Å². The molecule has 0 radical (unpaired) electrons. The highest BCUT2D eigenvalue weighted by Crippen LogP contribution is 2.44. The van der Waals surface area contributed by atoms with Gasteiger partial charge in [0.05, 0.1) is 24.2 Å². The second-order valence-corrected chi connectivity index (χ2v) is 9.57. The molecule has 0 saturated carbocycles. The number of esters is 1. The summed E-state index contributed by atoms with van der Waals surface area (Å²) in [6.45, 7) is 4.39. The van der Waals surface area contributed by atoms with Gasteiger partial charge in [0, 0.05) is 28.7 Å². The summed E-state index contributed by atoms with van der Waals surface area (Å²) in [5.41, 5.74) is 2.35. The molecule has 2 aromatic carbocycles. The highest BCUT2D eigenvalue weighted by atomic mass is 35.5. The Morgan fingerprint density at radius 1 is 1.21 bits per heavy atom. The Kier molecular flexibility index (Phi) is 6.26. The van der Waals surface area contributed by atoms with Gasteiger partial charge in [-0.1, -0.05) is 24.9 Å². The first-order valence-electron chi connectivity index (χ1n) is 11.7. The van der Waals surface area contributed by atoms with Crippen molar-refractivity contribution in [2.24, 2.45) is 11.8 Å². The third kappa shape index (κ3) is 4.32. The standard InChI is InChI=1S/C27H29ClN2O3/c1-3-17-16-30-13-11-19(17)14-25(30)26(33-27(31)18-4-6-20(28)7-5-18)22-10-12-29-24-9-8-21(32-2)15-23(22)24/h4-10,12,15,17,19,25-26H,3,11,13-14,16H2,1-2H3/t17-,19?,25-,26+/m0/s1. The summed E-state index contributed by atoms with van der Waals surface area (Å²) >= 11 is 6.03. The second-order valence-electron chi connectivity index (χ2n) is 9.13. The highest BCUT2D eigenvalue weighted by molar-refractivity contribution is 6.30. The molecule has 5 nitrogen and oxygen atoms in total. The van der Waals surface area contributed by atoms with E-state index in [4.69, 9.17) is 21.1 Å². The summed E-state index contributed by atoms with van der Waals surface area (Å²) in [5, 5.41) is 1.55.